The Bertz CT molecular complexity index is 699. The van der Waals surface area contributed by atoms with E-state index >= 15 is 0 Å². The van der Waals surface area contributed by atoms with E-state index < -0.39 is 11.9 Å². The summed E-state index contributed by atoms with van der Waals surface area (Å²) in [7, 11) is 0. The van der Waals surface area contributed by atoms with Crippen molar-refractivity contribution in [3.05, 3.63) is 29.3 Å². The van der Waals surface area contributed by atoms with Gasteiger partial charge in [0, 0.05) is 30.6 Å². The second-order valence-electron chi connectivity index (χ2n) is 6.08. The van der Waals surface area contributed by atoms with Gasteiger partial charge in [0.2, 0.25) is 11.8 Å². The average molecular weight is 315 g/mol. The molecule has 0 aliphatic carbocycles. The number of carbonyl (C=O) groups excluding carboxylic acids is 3. The van der Waals surface area contributed by atoms with Gasteiger partial charge < -0.3 is 15.0 Å². The second-order valence-corrected chi connectivity index (χ2v) is 6.08. The average Bonchev–Trinajstić information content (AvgIpc) is 2.81. The van der Waals surface area contributed by atoms with Crippen molar-refractivity contribution < 1.29 is 19.1 Å². The quantitative estimate of drug-likeness (QED) is 0.754. The maximum Gasteiger partial charge on any atom is 0.255 e. The van der Waals surface area contributed by atoms with E-state index in [4.69, 9.17) is 4.74 Å². The normalized spacial score (nSPS) is 24.3. The monoisotopic (exact) mass is 315 g/mol. The summed E-state index contributed by atoms with van der Waals surface area (Å²) in [5.41, 5.74) is 1.41. The Hall–Kier alpha value is -2.41. The van der Waals surface area contributed by atoms with E-state index in [1.165, 1.54) is 0 Å². The van der Waals surface area contributed by atoms with E-state index in [0.717, 1.165) is 18.7 Å². The highest BCUT2D eigenvalue weighted by atomic mass is 16.5. The van der Waals surface area contributed by atoms with Gasteiger partial charge in [-0.25, -0.2) is 0 Å². The first-order chi connectivity index (χ1) is 11.1. The zero-order chi connectivity index (χ0) is 16.0. The van der Waals surface area contributed by atoms with E-state index in [9.17, 15) is 14.4 Å². The minimum atomic E-state index is -0.592. The maximum absolute atomic E-state index is 12.6. The predicted octanol–water partition coefficient (Wildman–Crippen LogP) is -0.202. The number of hydrogen-bond acceptors (Lipinski definition) is 5. The molecule has 1 aromatic rings. The van der Waals surface area contributed by atoms with Gasteiger partial charge in [-0.2, -0.15) is 0 Å². The van der Waals surface area contributed by atoms with Crippen LogP contribution in [0.5, 0.6) is 5.75 Å². The molecule has 7 nitrogen and oxygen atoms in total. The van der Waals surface area contributed by atoms with E-state index in [0.29, 0.717) is 24.3 Å². The van der Waals surface area contributed by atoms with Crippen molar-refractivity contribution in [3.63, 3.8) is 0 Å². The molecule has 4 rings (SSSR count). The molecule has 23 heavy (non-hydrogen) atoms. The Morgan fingerprint density at radius 1 is 1.17 bits per heavy atom. The van der Waals surface area contributed by atoms with Crippen LogP contribution in [-0.4, -0.2) is 47.9 Å². The minimum absolute atomic E-state index is 0.126. The fraction of sp³-hybridized carbons (Fsp3) is 0.438. The third-order valence-electron chi connectivity index (χ3n) is 4.58. The lowest BCUT2D eigenvalue weighted by molar-refractivity contribution is -0.136. The van der Waals surface area contributed by atoms with Crippen LogP contribution < -0.4 is 15.4 Å². The third-order valence-corrected chi connectivity index (χ3v) is 4.58. The number of ether oxygens (including phenoxy) is 1. The van der Waals surface area contributed by atoms with E-state index in [1.807, 2.05) is 6.07 Å². The van der Waals surface area contributed by atoms with Crippen LogP contribution in [0.4, 0.5) is 0 Å². The number of imide groups is 1. The van der Waals surface area contributed by atoms with Gasteiger partial charge in [0.05, 0.1) is 6.54 Å². The molecule has 2 fully saturated rings. The van der Waals surface area contributed by atoms with Crippen molar-refractivity contribution >= 4 is 17.7 Å². The van der Waals surface area contributed by atoms with Crippen LogP contribution in [0.3, 0.4) is 0 Å². The van der Waals surface area contributed by atoms with Gasteiger partial charge in [-0.05, 0) is 18.6 Å². The molecule has 0 saturated carbocycles. The van der Waals surface area contributed by atoms with Crippen LogP contribution in [0.1, 0.15) is 28.8 Å². The number of nitrogens with one attached hydrogen (secondary N) is 2. The van der Waals surface area contributed by atoms with E-state index in [1.54, 1.807) is 17.0 Å². The molecule has 3 aliphatic heterocycles. The first-order valence-electron chi connectivity index (χ1n) is 7.77. The fourth-order valence-corrected chi connectivity index (χ4v) is 3.19. The molecule has 1 aromatic carbocycles. The largest absolute Gasteiger partial charge is 0.487 e. The molecule has 3 amide bonds. The van der Waals surface area contributed by atoms with Crippen LogP contribution in [0.2, 0.25) is 0 Å². The molecular weight excluding hydrogens is 298 g/mol. The standard InChI is InChI=1S/C16H17N3O4/c20-14-5-4-12(15(21)18-14)19-8-11-10(16(19)22)2-1-3-13(11)23-9-6-17-7-9/h1-3,9,12,17H,4-8H2,(H,18,20,21). The van der Waals surface area contributed by atoms with E-state index in [2.05, 4.69) is 10.6 Å². The van der Waals surface area contributed by atoms with Gasteiger partial charge in [0.25, 0.3) is 5.91 Å². The summed E-state index contributed by atoms with van der Waals surface area (Å²) in [4.78, 5) is 37.5. The molecule has 120 valence electrons. The molecule has 1 atom stereocenters. The summed E-state index contributed by atoms with van der Waals surface area (Å²) < 4.78 is 5.92. The lowest BCUT2D eigenvalue weighted by atomic mass is 10.0. The third kappa shape index (κ3) is 2.37. The van der Waals surface area contributed by atoms with Crippen molar-refractivity contribution in [2.45, 2.75) is 31.5 Å². The summed E-state index contributed by atoms with van der Waals surface area (Å²) in [6, 6.07) is 4.82. The van der Waals surface area contributed by atoms with Crippen LogP contribution in [0, 0.1) is 0 Å². The zero-order valence-electron chi connectivity index (χ0n) is 12.5. The Morgan fingerprint density at radius 3 is 2.70 bits per heavy atom. The number of nitrogens with zero attached hydrogens (tertiary/aromatic N) is 1. The predicted molar refractivity (Wildman–Crippen MR) is 79.8 cm³/mol. The lowest BCUT2D eigenvalue weighted by Gasteiger charge is -2.30. The Kier molecular flexibility index (Phi) is 3.30. The number of fused-ring (bicyclic) bond motifs is 1. The SMILES string of the molecule is O=C1CCC(N2Cc3c(OC4CNC4)cccc3C2=O)C(=O)N1. The zero-order valence-corrected chi connectivity index (χ0v) is 12.5. The minimum Gasteiger partial charge on any atom is -0.487 e. The molecule has 0 bridgehead atoms. The van der Waals surface area contributed by atoms with Crippen molar-refractivity contribution in [1.29, 1.82) is 0 Å². The highest BCUT2D eigenvalue weighted by Gasteiger charge is 2.40. The van der Waals surface area contributed by atoms with Crippen molar-refractivity contribution in [2.24, 2.45) is 0 Å². The first kappa shape index (κ1) is 14.2. The first-order valence-corrected chi connectivity index (χ1v) is 7.77. The Labute approximate surface area is 133 Å². The number of hydrogen-bond donors (Lipinski definition) is 2. The highest BCUT2D eigenvalue weighted by molar-refractivity contribution is 6.05. The summed E-state index contributed by atoms with van der Waals surface area (Å²) in [6.07, 6.45) is 0.752. The number of benzene rings is 1. The van der Waals surface area contributed by atoms with Crippen molar-refractivity contribution in [1.82, 2.24) is 15.5 Å². The molecule has 3 heterocycles. The molecule has 2 N–H and O–H groups in total. The van der Waals surface area contributed by atoms with Crippen LogP contribution >= 0.6 is 0 Å². The Morgan fingerprint density at radius 2 is 2.00 bits per heavy atom. The summed E-state index contributed by atoms with van der Waals surface area (Å²) >= 11 is 0. The van der Waals surface area contributed by atoms with Crippen molar-refractivity contribution in [3.8, 4) is 5.75 Å². The van der Waals surface area contributed by atoms with Gasteiger partial charge >= 0.3 is 0 Å². The Balaban J connectivity index is 1.58. The molecule has 1 unspecified atom stereocenters. The number of amides is 3. The summed E-state index contributed by atoms with van der Waals surface area (Å²) in [5.74, 6) is -0.145. The molecule has 2 saturated heterocycles. The fourth-order valence-electron chi connectivity index (χ4n) is 3.19. The van der Waals surface area contributed by atoms with Gasteiger partial charge in [0.1, 0.15) is 17.9 Å². The summed E-state index contributed by atoms with van der Waals surface area (Å²) in [6.45, 7) is 1.94. The molecule has 0 aromatic heterocycles. The van der Waals surface area contributed by atoms with Gasteiger partial charge in [-0.15, -0.1) is 0 Å². The van der Waals surface area contributed by atoms with Crippen LogP contribution in [0.15, 0.2) is 18.2 Å². The maximum atomic E-state index is 12.6. The van der Waals surface area contributed by atoms with Crippen molar-refractivity contribution in [2.75, 3.05) is 13.1 Å². The summed E-state index contributed by atoms with van der Waals surface area (Å²) in [5, 5.41) is 5.45. The number of piperidine rings is 1. The molecular formula is C16H17N3O4. The molecule has 0 spiro atoms. The highest BCUT2D eigenvalue weighted by Crippen LogP contribution is 2.34. The topological polar surface area (TPSA) is 87.7 Å². The van der Waals surface area contributed by atoms with Gasteiger partial charge in [-0.3, -0.25) is 19.7 Å². The molecule has 0 radical (unpaired) electrons. The van der Waals surface area contributed by atoms with E-state index in [-0.39, 0.29) is 24.3 Å². The lowest BCUT2D eigenvalue weighted by Crippen LogP contribution is -2.52. The number of carbonyl (C=O) groups is 3. The van der Waals surface area contributed by atoms with Gasteiger partial charge in [0.15, 0.2) is 0 Å². The number of rotatable bonds is 3. The molecule has 3 aliphatic rings. The van der Waals surface area contributed by atoms with Crippen LogP contribution in [-0.2, 0) is 16.1 Å². The van der Waals surface area contributed by atoms with Crippen LogP contribution in [0.25, 0.3) is 0 Å². The second kappa shape index (κ2) is 5.34. The van der Waals surface area contributed by atoms with Gasteiger partial charge in [-0.1, -0.05) is 6.07 Å². The smallest absolute Gasteiger partial charge is 0.255 e. The molecule has 7 heteroatoms.